The van der Waals surface area contributed by atoms with Crippen molar-refractivity contribution in [3.63, 3.8) is 0 Å². The molecule has 6 heteroatoms. The average molecular weight is 537 g/mol. The zero-order valence-corrected chi connectivity index (χ0v) is 24.3. The summed E-state index contributed by atoms with van der Waals surface area (Å²) in [5, 5.41) is 0. The minimum absolute atomic E-state index is 0.0596. The molecule has 0 N–H and O–H groups in total. The number of benzene rings is 2. The van der Waals surface area contributed by atoms with Crippen molar-refractivity contribution in [3.8, 4) is 11.5 Å². The summed E-state index contributed by atoms with van der Waals surface area (Å²) >= 11 is 0. The molecule has 2 aromatic rings. The standard InChI is InChI=1S/C33H44O6/c1-7-33(20-8-21-33)22-19-24(2)38-28-13-9-26(10-14-28)32(4,5)27-11-15-29(16-12-27)39-25(3)23-37-31(35)18-17-30(34)36-6/h9-18,24-25H,7-8,19-23H2,1-6H3/b18-17+. The van der Waals surface area contributed by atoms with Crippen LogP contribution in [0, 0.1) is 5.41 Å². The lowest BCUT2D eigenvalue weighted by atomic mass is 9.64. The molecule has 0 radical (unpaired) electrons. The van der Waals surface area contributed by atoms with Gasteiger partial charge >= 0.3 is 11.9 Å². The summed E-state index contributed by atoms with van der Waals surface area (Å²) in [4.78, 5) is 22.8. The highest BCUT2D eigenvalue weighted by Crippen LogP contribution is 2.47. The number of methoxy groups -OCH3 is 1. The maximum Gasteiger partial charge on any atom is 0.331 e. The first-order valence-corrected chi connectivity index (χ1v) is 14.0. The van der Waals surface area contributed by atoms with Crippen molar-refractivity contribution >= 4 is 11.9 Å². The third kappa shape index (κ3) is 8.61. The molecule has 1 fully saturated rings. The zero-order chi connectivity index (χ0) is 28.5. The third-order valence-electron chi connectivity index (χ3n) is 8.09. The van der Waals surface area contributed by atoms with E-state index in [0.717, 1.165) is 29.9 Å². The number of carbonyl (C=O) groups is 2. The van der Waals surface area contributed by atoms with Gasteiger partial charge in [0.2, 0.25) is 0 Å². The molecule has 0 spiro atoms. The van der Waals surface area contributed by atoms with Gasteiger partial charge in [-0.15, -0.1) is 0 Å². The van der Waals surface area contributed by atoms with Gasteiger partial charge in [-0.3, -0.25) is 0 Å². The quantitative estimate of drug-likeness (QED) is 0.188. The highest BCUT2D eigenvalue weighted by molar-refractivity contribution is 5.91. The molecule has 6 nitrogen and oxygen atoms in total. The van der Waals surface area contributed by atoms with Crippen LogP contribution in [0.25, 0.3) is 0 Å². The van der Waals surface area contributed by atoms with Crippen molar-refractivity contribution in [1.82, 2.24) is 0 Å². The smallest absolute Gasteiger partial charge is 0.331 e. The lowest BCUT2D eigenvalue weighted by Gasteiger charge is -2.42. The molecule has 2 unspecified atom stereocenters. The van der Waals surface area contributed by atoms with E-state index in [2.05, 4.69) is 68.8 Å². The second-order valence-corrected chi connectivity index (χ2v) is 11.3. The highest BCUT2D eigenvalue weighted by atomic mass is 16.6. The van der Waals surface area contributed by atoms with Crippen LogP contribution in [0.15, 0.2) is 60.7 Å². The van der Waals surface area contributed by atoms with Gasteiger partial charge in [-0.2, -0.15) is 0 Å². The lowest BCUT2D eigenvalue weighted by Crippen LogP contribution is -2.30. The number of hydrogen-bond acceptors (Lipinski definition) is 6. The Hall–Kier alpha value is -3.28. The summed E-state index contributed by atoms with van der Waals surface area (Å²) < 4.78 is 21.7. The molecule has 3 rings (SSSR count). The first-order chi connectivity index (χ1) is 18.6. The minimum Gasteiger partial charge on any atom is -0.491 e. The van der Waals surface area contributed by atoms with E-state index in [1.807, 2.05) is 19.1 Å². The maximum atomic E-state index is 11.7. The summed E-state index contributed by atoms with van der Waals surface area (Å²) in [6, 6.07) is 16.4. The van der Waals surface area contributed by atoms with Crippen LogP contribution in [0.2, 0.25) is 0 Å². The van der Waals surface area contributed by atoms with Crippen LogP contribution in [0.5, 0.6) is 11.5 Å². The minimum atomic E-state index is -0.627. The number of esters is 2. The zero-order valence-electron chi connectivity index (χ0n) is 24.3. The van der Waals surface area contributed by atoms with Crippen molar-refractivity contribution in [1.29, 1.82) is 0 Å². The molecule has 0 amide bonds. The molecular formula is C33H44O6. The van der Waals surface area contributed by atoms with Crippen molar-refractivity contribution in [2.75, 3.05) is 13.7 Å². The van der Waals surface area contributed by atoms with Gasteiger partial charge in [0.25, 0.3) is 0 Å². The second kappa shape index (κ2) is 13.7. The van der Waals surface area contributed by atoms with Crippen molar-refractivity contribution in [3.05, 3.63) is 71.8 Å². The Kier molecular flexibility index (Phi) is 10.6. The Morgan fingerprint density at radius 2 is 1.38 bits per heavy atom. The van der Waals surface area contributed by atoms with Gasteiger partial charge in [0.05, 0.1) is 13.2 Å². The van der Waals surface area contributed by atoms with Crippen LogP contribution in [0.1, 0.15) is 84.3 Å². The molecule has 0 heterocycles. The van der Waals surface area contributed by atoms with Crippen LogP contribution in [0.3, 0.4) is 0 Å². The normalized spacial score (nSPS) is 16.2. The molecule has 212 valence electrons. The summed E-state index contributed by atoms with van der Waals surface area (Å²) in [7, 11) is 1.24. The summed E-state index contributed by atoms with van der Waals surface area (Å²) in [5.41, 5.74) is 2.74. The fraction of sp³-hybridized carbons (Fsp3) is 0.515. The molecule has 0 saturated heterocycles. The Morgan fingerprint density at radius 1 is 0.872 bits per heavy atom. The van der Waals surface area contributed by atoms with E-state index in [4.69, 9.17) is 14.2 Å². The van der Waals surface area contributed by atoms with Crippen molar-refractivity contribution in [2.45, 2.75) is 90.8 Å². The van der Waals surface area contributed by atoms with Gasteiger partial charge in [-0.25, -0.2) is 9.59 Å². The first-order valence-electron chi connectivity index (χ1n) is 14.0. The molecule has 39 heavy (non-hydrogen) atoms. The molecular weight excluding hydrogens is 492 g/mol. The van der Waals surface area contributed by atoms with E-state index < -0.39 is 11.9 Å². The van der Waals surface area contributed by atoms with Crippen molar-refractivity contribution in [2.24, 2.45) is 5.41 Å². The number of carbonyl (C=O) groups excluding carboxylic acids is 2. The largest absolute Gasteiger partial charge is 0.491 e. The highest BCUT2D eigenvalue weighted by Gasteiger charge is 2.34. The van der Waals surface area contributed by atoms with Crippen LogP contribution >= 0.6 is 0 Å². The molecule has 0 aliphatic heterocycles. The molecule has 1 aliphatic rings. The van der Waals surface area contributed by atoms with Gasteiger partial charge < -0.3 is 18.9 Å². The van der Waals surface area contributed by atoms with Crippen LogP contribution in [-0.2, 0) is 24.5 Å². The molecule has 0 aromatic heterocycles. The predicted octanol–water partition coefficient (Wildman–Crippen LogP) is 7.18. The SMILES string of the molecule is CCC1(CCC(C)Oc2ccc(C(C)(C)c3ccc(OC(C)COC(=O)/C=C/C(=O)OC)cc3)cc2)CCC1. The van der Waals surface area contributed by atoms with Crippen molar-refractivity contribution < 1.29 is 28.5 Å². The van der Waals surface area contributed by atoms with Gasteiger partial charge in [-0.05, 0) is 80.3 Å². The molecule has 0 bridgehead atoms. The summed E-state index contributed by atoms with van der Waals surface area (Å²) in [6.07, 6.45) is 9.68. The van der Waals surface area contributed by atoms with E-state index in [9.17, 15) is 9.59 Å². The Labute approximate surface area is 233 Å². The Balaban J connectivity index is 1.50. The number of rotatable bonds is 14. The van der Waals surface area contributed by atoms with Gasteiger partial charge in [0.15, 0.2) is 0 Å². The molecule has 1 aliphatic carbocycles. The summed E-state index contributed by atoms with van der Waals surface area (Å²) in [5.74, 6) is 0.364. The van der Waals surface area contributed by atoms with Gasteiger partial charge in [-0.1, -0.05) is 57.9 Å². The lowest BCUT2D eigenvalue weighted by molar-refractivity contribution is -0.141. The van der Waals surface area contributed by atoms with E-state index in [-0.39, 0.29) is 24.2 Å². The average Bonchev–Trinajstić information content (AvgIpc) is 2.90. The monoisotopic (exact) mass is 536 g/mol. The van der Waals surface area contributed by atoms with Gasteiger partial charge in [0.1, 0.15) is 24.2 Å². The molecule has 2 atom stereocenters. The summed E-state index contributed by atoms with van der Waals surface area (Å²) in [6.45, 7) is 10.8. The third-order valence-corrected chi connectivity index (χ3v) is 8.09. The maximum absolute atomic E-state index is 11.7. The van der Waals surface area contributed by atoms with Crippen LogP contribution in [0.4, 0.5) is 0 Å². The number of ether oxygens (including phenoxy) is 4. The Bertz CT molecular complexity index is 1090. The van der Waals surface area contributed by atoms with E-state index in [1.165, 1.54) is 44.8 Å². The predicted molar refractivity (Wildman–Crippen MR) is 153 cm³/mol. The number of hydrogen-bond donors (Lipinski definition) is 0. The van der Waals surface area contributed by atoms with E-state index in [1.54, 1.807) is 0 Å². The second-order valence-electron chi connectivity index (χ2n) is 11.3. The van der Waals surface area contributed by atoms with Gasteiger partial charge in [0, 0.05) is 17.6 Å². The van der Waals surface area contributed by atoms with E-state index in [0.29, 0.717) is 11.2 Å². The fourth-order valence-corrected chi connectivity index (χ4v) is 5.04. The molecule has 2 aromatic carbocycles. The first kappa shape index (κ1) is 30.3. The fourth-order valence-electron chi connectivity index (χ4n) is 5.04. The molecule has 1 saturated carbocycles. The van der Waals surface area contributed by atoms with Crippen LogP contribution in [-0.4, -0.2) is 37.9 Å². The van der Waals surface area contributed by atoms with E-state index >= 15 is 0 Å². The Morgan fingerprint density at radius 3 is 1.85 bits per heavy atom. The topological polar surface area (TPSA) is 71.1 Å². The van der Waals surface area contributed by atoms with Crippen LogP contribution < -0.4 is 9.47 Å².